The molecule has 0 saturated carbocycles. The molecule has 30 heavy (non-hydrogen) atoms. The van der Waals surface area contributed by atoms with Gasteiger partial charge in [0.1, 0.15) is 11.5 Å². The van der Waals surface area contributed by atoms with E-state index in [1.807, 2.05) is 36.4 Å². The highest BCUT2D eigenvalue weighted by Gasteiger charge is 2.28. The fraction of sp³-hybridized carbons (Fsp3) is 0.125. The fourth-order valence-corrected chi connectivity index (χ4v) is 3.23. The summed E-state index contributed by atoms with van der Waals surface area (Å²) < 4.78 is 5.85. The Bertz CT molecular complexity index is 1060. The summed E-state index contributed by atoms with van der Waals surface area (Å²) in [6, 6.07) is 23.4. The minimum Gasteiger partial charge on any atom is -0.457 e. The SMILES string of the molecule is O=C(Nc1ccc(CN2C(=O)CCC2=O)cc1)c1ccccc1Oc1ccccc1. The van der Waals surface area contributed by atoms with Crippen molar-refractivity contribution in [2.45, 2.75) is 19.4 Å². The molecule has 1 N–H and O–H groups in total. The van der Waals surface area contributed by atoms with Gasteiger partial charge in [0.15, 0.2) is 0 Å². The molecule has 6 heteroatoms. The number of carbonyl (C=O) groups excluding carboxylic acids is 3. The lowest BCUT2D eigenvalue weighted by Gasteiger charge is -2.14. The highest BCUT2D eigenvalue weighted by Crippen LogP contribution is 2.26. The second-order valence-corrected chi connectivity index (χ2v) is 6.94. The van der Waals surface area contributed by atoms with E-state index in [2.05, 4.69) is 5.32 Å². The first-order chi connectivity index (χ1) is 14.6. The highest BCUT2D eigenvalue weighted by molar-refractivity contribution is 6.06. The molecule has 1 heterocycles. The molecule has 0 radical (unpaired) electrons. The van der Waals surface area contributed by atoms with E-state index in [0.717, 1.165) is 5.56 Å². The number of benzene rings is 3. The van der Waals surface area contributed by atoms with Crippen molar-refractivity contribution >= 4 is 23.4 Å². The van der Waals surface area contributed by atoms with Crippen molar-refractivity contribution in [3.05, 3.63) is 90.0 Å². The second kappa shape index (κ2) is 8.61. The number of hydrogen-bond donors (Lipinski definition) is 1. The molecule has 3 aromatic carbocycles. The van der Waals surface area contributed by atoms with Gasteiger partial charge in [-0.2, -0.15) is 0 Å². The van der Waals surface area contributed by atoms with Crippen LogP contribution in [0.15, 0.2) is 78.9 Å². The molecule has 1 aliphatic rings. The summed E-state index contributed by atoms with van der Waals surface area (Å²) in [5, 5.41) is 2.86. The normalized spacial score (nSPS) is 13.4. The lowest BCUT2D eigenvalue weighted by Crippen LogP contribution is -2.28. The van der Waals surface area contributed by atoms with E-state index in [1.165, 1.54) is 4.90 Å². The molecule has 3 aromatic rings. The molecule has 6 nitrogen and oxygen atoms in total. The Hall–Kier alpha value is -3.93. The lowest BCUT2D eigenvalue weighted by atomic mass is 10.1. The molecular weight excluding hydrogens is 380 g/mol. The molecule has 0 bridgehead atoms. The van der Waals surface area contributed by atoms with Crippen molar-refractivity contribution in [1.29, 1.82) is 0 Å². The number of ether oxygens (including phenoxy) is 1. The van der Waals surface area contributed by atoms with Crippen LogP contribution < -0.4 is 10.1 Å². The number of amides is 3. The topological polar surface area (TPSA) is 75.7 Å². The molecule has 1 saturated heterocycles. The van der Waals surface area contributed by atoms with Gasteiger partial charge in [-0.1, -0.05) is 42.5 Å². The second-order valence-electron chi connectivity index (χ2n) is 6.94. The van der Waals surface area contributed by atoms with Crippen LogP contribution in [-0.2, 0) is 16.1 Å². The van der Waals surface area contributed by atoms with Crippen molar-refractivity contribution in [3.8, 4) is 11.5 Å². The van der Waals surface area contributed by atoms with E-state index in [1.54, 1.807) is 42.5 Å². The van der Waals surface area contributed by atoms with E-state index < -0.39 is 0 Å². The number of para-hydroxylation sites is 2. The summed E-state index contributed by atoms with van der Waals surface area (Å²) in [6.07, 6.45) is 0.550. The van der Waals surface area contributed by atoms with Gasteiger partial charge in [-0.25, -0.2) is 0 Å². The molecule has 1 fully saturated rings. The van der Waals surface area contributed by atoms with Crippen LogP contribution in [0.4, 0.5) is 5.69 Å². The van der Waals surface area contributed by atoms with Crippen LogP contribution in [0.3, 0.4) is 0 Å². The van der Waals surface area contributed by atoms with Crippen molar-refractivity contribution < 1.29 is 19.1 Å². The minimum atomic E-state index is -0.292. The zero-order chi connectivity index (χ0) is 20.9. The predicted octanol–water partition coefficient (Wildman–Crippen LogP) is 4.38. The third-order valence-electron chi connectivity index (χ3n) is 4.81. The Morgan fingerprint density at radius 1 is 0.833 bits per heavy atom. The van der Waals surface area contributed by atoms with Gasteiger partial charge < -0.3 is 10.1 Å². The van der Waals surface area contributed by atoms with Crippen LogP contribution in [0.25, 0.3) is 0 Å². The molecule has 0 aliphatic carbocycles. The zero-order valence-electron chi connectivity index (χ0n) is 16.2. The first kappa shape index (κ1) is 19.4. The van der Waals surface area contributed by atoms with E-state index in [4.69, 9.17) is 4.74 Å². The predicted molar refractivity (Wildman–Crippen MR) is 112 cm³/mol. The quantitative estimate of drug-likeness (QED) is 0.623. The summed E-state index contributed by atoms with van der Waals surface area (Å²) in [6.45, 7) is 0.250. The van der Waals surface area contributed by atoms with Crippen LogP contribution in [-0.4, -0.2) is 22.6 Å². The average molecular weight is 400 g/mol. The molecule has 150 valence electrons. The monoisotopic (exact) mass is 400 g/mol. The van der Waals surface area contributed by atoms with E-state index >= 15 is 0 Å². The van der Waals surface area contributed by atoms with Gasteiger partial charge in [-0.05, 0) is 42.0 Å². The largest absolute Gasteiger partial charge is 0.457 e. The standard InChI is InChI=1S/C24H20N2O4/c27-22-14-15-23(28)26(22)16-17-10-12-18(13-11-17)25-24(29)20-8-4-5-9-21(20)30-19-6-2-1-3-7-19/h1-13H,14-16H2,(H,25,29). The maximum absolute atomic E-state index is 12.8. The highest BCUT2D eigenvalue weighted by atomic mass is 16.5. The molecule has 0 aromatic heterocycles. The van der Waals surface area contributed by atoms with Crippen molar-refractivity contribution in [2.75, 3.05) is 5.32 Å². The summed E-state index contributed by atoms with van der Waals surface area (Å²) in [5.41, 5.74) is 1.85. The molecule has 1 aliphatic heterocycles. The van der Waals surface area contributed by atoms with Crippen LogP contribution in [0.2, 0.25) is 0 Å². The summed E-state index contributed by atoms with van der Waals surface area (Å²) in [7, 11) is 0. The van der Waals surface area contributed by atoms with Crippen LogP contribution in [0, 0.1) is 0 Å². The van der Waals surface area contributed by atoms with Gasteiger partial charge in [0.2, 0.25) is 11.8 Å². The molecule has 0 spiro atoms. The molecule has 4 rings (SSSR count). The van der Waals surface area contributed by atoms with Gasteiger partial charge in [0, 0.05) is 18.5 Å². The molecule has 0 unspecified atom stereocenters. The smallest absolute Gasteiger partial charge is 0.259 e. The Kier molecular flexibility index (Phi) is 5.57. The van der Waals surface area contributed by atoms with Crippen LogP contribution in [0.5, 0.6) is 11.5 Å². The van der Waals surface area contributed by atoms with E-state index in [-0.39, 0.29) is 37.1 Å². The third-order valence-corrected chi connectivity index (χ3v) is 4.81. The zero-order valence-corrected chi connectivity index (χ0v) is 16.2. The van der Waals surface area contributed by atoms with E-state index in [0.29, 0.717) is 22.7 Å². The number of rotatable bonds is 6. The first-order valence-electron chi connectivity index (χ1n) is 9.65. The third kappa shape index (κ3) is 4.38. The number of hydrogen-bond acceptors (Lipinski definition) is 4. The number of nitrogens with zero attached hydrogens (tertiary/aromatic N) is 1. The number of imide groups is 1. The number of likely N-dealkylation sites (tertiary alicyclic amines) is 1. The number of carbonyl (C=O) groups is 3. The van der Waals surface area contributed by atoms with Crippen molar-refractivity contribution in [3.63, 3.8) is 0 Å². The van der Waals surface area contributed by atoms with Gasteiger partial charge in [0.05, 0.1) is 12.1 Å². The summed E-state index contributed by atoms with van der Waals surface area (Å²) in [5.74, 6) is 0.524. The minimum absolute atomic E-state index is 0.146. The van der Waals surface area contributed by atoms with Crippen LogP contribution >= 0.6 is 0 Å². The number of anilines is 1. The molecule has 3 amide bonds. The Morgan fingerprint density at radius 2 is 1.47 bits per heavy atom. The van der Waals surface area contributed by atoms with Gasteiger partial charge in [-0.3, -0.25) is 19.3 Å². The van der Waals surface area contributed by atoms with Gasteiger partial charge >= 0.3 is 0 Å². The van der Waals surface area contributed by atoms with Gasteiger partial charge in [-0.15, -0.1) is 0 Å². The molecule has 0 atom stereocenters. The lowest BCUT2D eigenvalue weighted by molar-refractivity contribution is -0.139. The summed E-state index contributed by atoms with van der Waals surface area (Å²) >= 11 is 0. The maximum atomic E-state index is 12.8. The Morgan fingerprint density at radius 3 is 2.17 bits per heavy atom. The Balaban J connectivity index is 1.44. The van der Waals surface area contributed by atoms with Crippen LogP contribution in [0.1, 0.15) is 28.8 Å². The van der Waals surface area contributed by atoms with Crippen molar-refractivity contribution in [2.24, 2.45) is 0 Å². The van der Waals surface area contributed by atoms with E-state index in [9.17, 15) is 14.4 Å². The molecular formula is C24H20N2O4. The maximum Gasteiger partial charge on any atom is 0.259 e. The van der Waals surface area contributed by atoms with Gasteiger partial charge in [0.25, 0.3) is 5.91 Å². The van der Waals surface area contributed by atoms with Crippen molar-refractivity contribution in [1.82, 2.24) is 4.90 Å². The first-order valence-corrected chi connectivity index (χ1v) is 9.65. The Labute approximate surface area is 174 Å². The number of nitrogens with one attached hydrogen (secondary N) is 1. The summed E-state index contributed by atoms with van der Waals surface area (Å²) in [4.78, 5) is 37.6. The fourth-order valence-electron chi connectivity index (χ4n) is 3.23. The average Bonchev–Trinajstić information content (AvgIpc) is 3.08.